The van der Waals surface area contributed by atoms with E-state index in [1.165, 1.54) is 12.1 Å². The monoisotopic (exact) mass is 477 g/mol. The number of carbonyl (C=O) groups is 1. The molecule has 12 heteroatoms. The van der Waals surface area contributed by atoms with Crippen molar-refractivity contribution in [3.8, 4) is 22.7 Å². The van der Waals surface area contributed by atoms with Crippen LogP contribution in [-0.4, -0.2) is 31.2 Å². The van der Waals surface area contributed by atoms with Gasteiger partial charge in [0.15, 0.2) is 6.61 Å². The molecule has 0 bridgehead atoms. The number of rotatable bonds is 5. The summed E-state index contributed by atoms with van der Waals surface area (Å²) in [6.07, 6.45) is -4.86. The van der Waals surface area contributed by atoms with Gasteiger partial charge in [-0.05, 0) is 41.9 Å². The van der Waals surface area contributed by atoms with E-state index in [-0.39, 0.29) is 11.4 Å². The highest BCUT2D eigenvalue weighted by Crippen LogP contribution is 2.37. The molecule has 0 aliphatic rings. The Hall–Kier alpha value is -3.93. The number of hydrogen-bond donors (Lipinski definition) is 1. The van der Waals surface area contributed by atoms with E-state index in [2.05, 4.69) is 4.37 Å². The summed E-state index contributed by atoms with van der Waals surface area (Å²) in [7, 11) is 0.938. The molecule has 2 aromatic heterocycles. The van der Waals surface area contributed by atoms with Gasteiger partial charge in [0, 0.05) is 24.1 Å². The van der Waals surface area contributed by atoms with Gasteiger partial charge in [-0.25, -0.2) is 14.2 Å². The van der Waals surface area contributed by atoms with Crippen LogP contribution in [0.25, 0.3) is 27.0 Å². The van der Waals surface area contributed by atoms with Gasteiger partial charge in [0.25, 0.3) is 5.56 Å². The molecule has 0 aliphatic heterocycles. The van der Waals surface area contributed by atoms with Gasteiger partial charge >= 0.3 is 17.8 Å². The maximum absolute atomic E-state index is 13.1. The first-order chi connectivity index (χ1) is 15.6. The van der Waals surface area contributed by atoms with Gasteiger partial charge in [-0.15, -0.1) is 0 Å². The number of aliphatic carboxylic acids is 1. The predicted octanol–water partition coefficient (Wildman–Crippen LogP) is 3.30. The molecule has 1 N–H and O–H groups in total. The molecule has 4 aromatic rings. The minimum atomic E-state index is -4.86. The lowest BCUT2D eigenvalue weighted by atomic mass is 10.1. The van der Waals surface area contributed by atoms with Crippen LogP contribution >= 0.6 is 11.5 Å². The van der Waals surface area contributed by atoms with Gasteiger partial charge in [-0.3, -0.25) is 9.36 Å². The maximum atomic E-state index is 13.1. The summed E-state index contributed by atoms with van der Waals surface area (Å²) in [5.41, 5.74) is -2.67. The third kappa shape index (κ3) is 4.12. The van der Waals surface area contributed by atoms with Gasteiger partial charge in [0.05, 0.1) is 16.1 Å². The van der Waals surface area contributed by atoms with Crippen LogP contribution in [0, 0.1) is 0 Å². The molecular formula is C21H14F3N3O5S. The molecule has 33 heavy (non-hydrogen) atoms. The summed E-state index contributed by atoms with van der Waals surface area (Å²) in [6.45, 7) is -0.568. The van der Waals surface area contributed by atoms with Crippen LogP contribution in [0.4, 0.5) is 13.2 Å². The van der Waals surface area contributed by atoms with Crippen molar-refractivity contribution in [2.24, 2.45) is 7.05 Å². The van der Waals surface area contributed by atoms with Crippen molar-refractivity contribution in [3.05, 3.63) is 75.1 Å². The summed E-state index contributed by atoms with van der Waals surface area (Å²) in [5.74, 6) is -0.895. The molecule has 0 radical (unpaired) electrons. The zero-order chi connectivity index (χ0) is 23.9. The third-order valence-corrected chi connectivity index (χ3v) is 5.64. The standard InChI is InChI=1S/C21H14F3N3O5S/c1-26-16(21(22,23)24)9-17(28)27(20(26)31)11-6-7-15-13(8-11)19(25-33-15)12-4-2-3-5-14(12)32-10-18(29)30/h2-9H,10H2,1H3,(H,29,30). The topological polar surface area (TPSA) is 103 Å². The van der Waals surface area contributed by atoms with E-state index in [0.29, 0.717) is 36.5 Å². The lowest BCUT2D eigenvalue weighted by Crippen LogP contribution is -2.40. The molecule has 8 nitrogen and oxygen atoms in total. The van der Waals surface area contributed by atoms with Crippen LogP contribution in [0.15, 0.2) is 58.1 Å². The summed E-state index contributed by atoms with van der Waals surface area (Å²) < 4.78 is 50.8. The van der Waals surface area contributed by atoms with Crippen molar-refractivity contribution in [1.82, 2.24) is 13.5 Å². The summed E-state index contributed by atoms with van der Waals surface area (Å²) in [6, 6.07) is 11.5. The Balaban J connectivity index is 1.89. The zero-order valence-electron chi connectivity index (χ0n) is 16.8. The zero-order valence-corrected chi connectivity index (χ0v) is 17.6. The van der Waals surface area contributed by atoms with E-state index >= 15 is 0 Å². The second-order valence-corrected chi connectivity index (χ2v) is 7.74. The molecule has 0 unspecified atom stereocenters. The smallest absolute Gasteiger partial charge is 0.431 e. The minimum Gasteiger partial charge on any atom is -0.481 e. The fraction of sp³-hybridized carbons (Fsp3) is 0.143. The molecule has 0 fully saturated rings. The number of carboxylic acids is 1. The first-order valence-electron chi connectivity index (χ1n) is 9.32. The van der Waals surface area contributed by atoms with Gasteiger partial charge in [-0.2, -0.15) is 17.5 Å². The Labute approximate surface area is 186 Å². The molecule has 170 valence electrons. The van der Waals surface area contributed by atoms with Crippen LogP contribution in [-0.2, 0) is 18.0 Å². The molecule has 2 aromatic carbocycles. The van der Waals surface area contributed by atoms with E-state index in [0.717, 1.165) is 18.6 Å². The molecule has 0 atom stereocenters. The number of para-hydroxylation sites is 1. The van der Waals surface area contributed by atoms with Crippen molar-refractivity contribution < 1.29 is 27.8 Å². The normalized spacial score (nSPS) is 11.6. The van der Waals surface area contributed by atoms with E-state index in [1.807, 2.05) is 0 Å². The maximum Gasteiger partial charge on any atom is 0.431 e. The molecule has 0 amide bonds. The molecule has 0 spiro atoms. The van der Waals surface area contributed by atoms with Crippen molar-refractivity contribution in [2.45, 2.75) is 6.18 Å². The van der Waals surface area contributed by atoms with Crippen molar-refractivity contribution in [3.63, 3.8) is 0 Å². The Morgan fingerprint density at radius 1 is 1.15 bits per heavy atom. The van der Waals surface area contributed by atoms with E-state index in [9.17, 15) is 27.6 Å². The number of carboxylic acid groups (broad SMARTS) is 1. The van der Waals surface area contributed by atoms with E-state index in [4.69, 9.17) is 9.84 Å². The highest BCUT2D eigenvalue weighted by Gasteiger charge is 2.35. The van der Waals surface area contributed by atoms with Gasteiger partial charge < -0.3 is 9.84 Å². The largest absolute Gasteiger partial charge is 0.481 e. The van der Waals surface area contributed by atoms with Crippen LogP contribution in [0.3, 0.4) is 0 Å². The van der Waals surface area contributed by atoms with Crippen LogP contribution < -0.4 is 16.0 Å². The lowest BCUT2D eigenvalue weighted by molar-refractivity contribution is -0.144. The average Bonchev–Trinajstić information content (AvgIpc) is 3.17. The Morgan fingerprint density at radius 2 is 1.88 bits per heavy atom. The second kappa shape index (κ2) is 8.20. The highest BCUT2D eigenvalue weighted by atomic mass is 32.1. The Kier molecular flexibility index (Phi) is 5.54. The van der Waals surface area contributed by atoms with Crippen LogP contribution in [0.2, 0.25) is 0 Å². The third-order valence-electron chi connectivity index (χ3n) is 4.82. The number of alkyl halides is 3. The van der Waals surface area contributed by atoms with E-state index < -0.39 is 35.7 Å². The Bertz CT molecular complexity index is 1500. The van der Waals surface area contributed by atoms with Crippen LogP contribution in [0.1, 0.15) is 5.69 Å². The average molecular weight is 477 g/mol. The fourth-order valence-electron chi connectivity index (χ4n) is 3.32. The summed E-state index contributed by atoms with van der Waals surface area (Å²) >= 11 is 1.12. The summed E-state index contributed by atoms with van der Waals surface area (Å²) in [5, 5.41) is 9.41. The van der Waals surface area contributed by atoms with Crippen molar-refractivity contribution in [1.29, 1.82) is 0 Å². The lowest BCUT2D eigenvalue weighted by Gasteiger charge is -2.14. The quantitative estimate of drug-likeness (QED) is 0.473. The minimum absolute atomic E-state index is 0.0622. The van der Waals surface area contributed by atoms with Gasteiger partial charge in [0.1, 0.15) is 11.4 Å². The van der Waals surface area contributed by atoms with Crippen molar-refractivity contribution >= 4 is 27.6 Å². The molecule has 4 rings (SSSR count). The molecule has 0 saturated heterocycles. The number of hydrogen-bond acceptors (Lipinski definition) is 6. The number of aromatic nitrogens is 3. The fourth-order valence-corrected chi connectivity index (χ4v) is 4.09. The molecule has 0 aliphatic carbocycles. The Morgan fingerprint density at radius 3 is 2.58 bits per heavy atom. The van der Waals surface area contributed by atoms with Gasteiger partial charge in [-0.1, -0.05) is 12.1 Å². The first-order valence-corrected chi connectivity index (χ1v) is 10.1. The van der Waals surface area contributed by atoms with Crippen molar-refractivity contribution in [2.75, 3.05) is 6.61 Å². The van der Waals surface area contributed by atoms with Gasteiger partial charge in [0.2, 0.25) is 0 Å². The number of fused-ring (bicyclic) bond motifs is 1. The SMILES string of the molecule is Cn1c(C(F)(F)F)cc(=O)n(-c2ccc3snc(-c4ccccc4OCC(=O)O)c3c2)c1=O. The first kappa shape index (κ1) is 22.3. The molecule has 0 saturated carbocycles. The summed E-state index contributed by atoms with van der Waals surface area (Å²) in [4.78, 5) is 36.0. The number of halogens is 3. The molecular weight excluding hydrogens is 463 g/mol. The van der Waals surface area contributed by atoms with E-state index in [1.54, 1.807) is 30.3 Å². The number of nitrogens with zero attached hydrogens (tertiary/aromatic N) is 3. The van der Waals surface area contributed by atoms with Crippen LogP contribution in [0.5, 0.6) is 5.75 Å². The highest BCUT2D eigenvalue weighted by molar-refractivity contribution is 7.13. The second-order valence-electron chi connectivity index (χ2n) is 6.93. The predicted molar refractivity (Wildman–Crippen MR) is 114 cm³/mol. The number of benzene rings is 2. The number of ether oxygens (including phenoxy) is 1. The molecule has 2 heterocycles.